The molecule has 100 valence electrons. The van der Waals surface area contributed by atoms with Crippen molar-refractivity contribution in [1.29, 1.82) is 0 Å². The molecule has 0 spiro atoms. The number of hydrogen-bond acceptors (Lipinski definition) is 5. The van der Waals surface area contributed by atoms with Crippen LogP contribution in [0.1, 0.15) is 17.3 Å². The number of anilines is 1. The third-order valence-corrected chi connectivity index (χ3v) is 3.52. The first-order valence-corrected chi connectivity index (χ1v) is 6.56. The topological polar surface area (TPSA) is 54.5 Å². The van der Waals surface area contributed by atoms with Crippen molar-refractivity contribution in [3.8, 4) is 0 Å². The van der Waals surface area contributed by atoms with E-state index >= 15 is 0 Å². The van der Waals surface area contributed by atoms with E-state index in [1.807, 2.05) is 6.07 Å². The Morgan fingerprint density at radius 2 is 2.11 bits per heavy atom. The van der Waals surface area contributed by atoms with Crippen LogP contribution < -0.4 is 10.2 Å². The number of nitrogens with one attached hydrogen (secondary N) is 1. The summed E-state index contributed by atoms with van der Waals surface area (Å²) in [5.41, 5.74) is 3.47. The Kier molecular flexibility index (Phi) is 3.21. The monoisotopic (exact) mass is 259 g/mol. The summed E-state index contributed by atoms with van der Waals surface area (Å²) in [4.78, 5) is 18.2. The fourth-order valence-electron chi connectivity index (χ4n) is 2.54. The summed E-state index contributed by atoms with van der Waals surface area (Å²) in [6.45, 7) is 6.04. The number of esters is 1. The van der Waals surface area contributed by atoms with Crippen LogP contribution in [0.15, 0.2) is 29.5 Å². The molecule has 0 bridgehead atoms. The van der Waals surface area contributed by atoms with Gasteiger partial charge < -0.3 is 15.0 Å². The van der Waals surface area contributed by atoms with Crippen LogP contribution in [0.25, 0.3) is 0 Å². The molecule has 3 rings (SSSR count). The predicted octanol–water partition coefficient (Wildman–Crippen LogP) is 0.978. The van der Waals surface area contributed by atoms with Crippen LogP contribution >= 0.6 is 0 Å². The second kappa shape index (κ2) is 5.01. The number of aromatic nitrogens is 1. The van der Waals surface area contributed by atoms with E-state index in [2.05, 4.69) is 15.2 Å². The summed E-state index contributed by atoms with van der Waals surface area (Å²) >= 11 is 0. The van der Waals surface area contributed by atoms with E-state index in [4.69, 9.17) is 4.74 Å². The number of ether oxygens (including phenoxy) is 1. The Morgan fingerprint density at radius 3 is 2.68 bits per heavy atom. The second-order valence-corrected chi connectivity index (χ2v) is 4.79. The van der Waals surface area contributed by atoms with Crippen molar-refractivity contribution >= 4 is 11.8 Å². The van der Waals surface area contributed by atoms with Gasteiger partial charge >= 0.3 is 5.97 Å². The maximum Gasteiger partial charge on any atom is 0.339 e. The van der Waals surface area contributed by atoms with Crippen LogP contribution in [0.4, 0.5) is 5.82 Å². The van der Waals surface area contributed by atoms with Gasteiger partial charge in [-0.15, -0.1) is 0 Å². The first-order chi connectivity index (χ1) is 9.28. The number of rotatable bonds is 3. The molecule has 1 aromatic rings. The van der Waals surface area contributed by atoms with Gasteiger partial charge in [0, 0.05) is 32.4 Å². The highest BCUT2D eigenvalue weighted by Crippen LogP contribution is 2.24. The summed E-state index contributed by atoms with van der Waals surface area (Å²) in [5.74, 6) is 0.607. The van der Waals surface area contributed by atoms with Crippen molar-refractivity contribution in [2.45, 2.75) is 6.92 Å². The van der Waals surface area contributed by atoms with Gasteiger partial charge in [-0.25, -0.2) is 9.78 Å². The minimum Gasteiger partial charge on any atom is -0.462 e. The first-order valence-electron chi connectivity index (χ1n) is 6.56. The molecule has 0 atom stereocenters. The number of carbonyl (C=O) groups excluding carboxylic acids is 1. The Bertz CT molecular complexity index is 506. The van der Waals surface area contributed by atoms with Gasteiger partial charge in [-0.1, -0.05) is 0 Å². The molecule has 0 amide bonds. The normalized spacial score (nSPS) is 17.8. The van der Waals surface area contributed by atoms with Crippen LogP contribution in [0.3, 0.4) is 0 Å². The molecule has 2 aliphatic heterocycles. The molecule has 0 aromatic carbocycles. The van der Waals surface area contributed by atoms with Crippen LogP contribution in [0.2, 0.25) is 0 Å². The number of hydrogen-bond donors (Lipinski definition) is 1. The highest BCUT2D eigenvalue weighted by Gasteiger charge is 2.25. The summed E-state index contributed by atoms with van der Waals surface area (Å²) < 4.78 is 4.94. The lowest BCUT2D eigenvalue weighted by molar-refractivity contribution is 0.0526. The van der Waals surface area contributed by atoms with Crippen molar-refractivity contribution < 1.29 is 9.53 Å². The first kappa shape index (κ1) is 12.2. The molecule has 5 heteroatoms. The summed E-state index contributed by atoms with van der Waals surface area (Å²) in [6, 6.07) is 3.67. The average molecular weight is 259 g/mol. The lowest BCUT2D eigenvalue weighted by Gasteiger charge is -2.19. The van der Waals surface area contributed by atoms with E-state index < -0.39 is 0 Å². The highest BCUT2D eigenvalue weighted by molar-refractivity contribution is 5.89. The van der Waals surface area contributed by atoms with Crippen LogP contribution in [-0.2, 0) is 4.74 Å². The van der Waals surface area contributed by atoms with Gasteiger partial charge in [0.1, 0.15) is 5.82 Å². The Balaban J connectivity index is 1.69. The third-order valence-electron chi connectivity index (χ3n) is 3.52. The summed E-state index contributed by atoms with van der Waals surface area (Å²) in [5, 5.41) is 3.35. The number of nitrogens with zero attached hydrogens (tertiary/aromatic N) is 2. The van der Waals surface area contributed by atoms with E-state index in [1.165, 1.54) is 11.1 Å². The smallest absolute Gasteiger partial charge is 0.339 e. The lowest BCUT2D eigenvalue weighted by atomic mass is 10.2. The van der Waals surface area contributed by atoms with Crippen LogP contribution in [-0.4, -0.2) is 43.7 Å². The van der Waals surface area contributed by atoms with Crippen molar-refractivity contribution in [1.82, 2.24) is 10.3 Å². The molecular weight excluding hydrogens is 242 g/mol. The van der Waals surface area contributed by atoms with Crippen molar-refractivity contribution in [2.24, 2.45) is 0 Å². The molecule has 0 unspecified atom stereocenters. The fraction of sp³-hybridized carbons (Fsp3) is 0.429. The molecule has 2 aliphatic rings. The second-order valence-electron chi connectivity index (χ2n) is 4.79. The molecule has 19 heavy (non-hydrogen) atoms. The molecular formula is C14H17N3O2. The van der Waals surface area contributed by atoms with Gasteiger partial charge in [0.25, 0.3) is 0 Å². The van der Waals surface area contributed by atoms with E-state index in [0.29, 0.717) is 12.2 Å². The Morgan fingerprint density at radius 1 is 1.37 bits per heavy atom. The molecule has 0 saturated heterocycles. The van der Waals surface area contributed by atoms with E-state index in [-0.39, 0.29) is 5.97 Å². The van der Waals surface area contributed by atoms with Gasteiger partial charge in [0.2, 0.25) is 0 Å². The van der Waals surface area contributed by atoms with Crippen molar-refractivity contribution in [3.63, 3.8) is 0 Å². The zero-order valence-electron chi connectivity index (χ0n) is 11.0. The molecule has 0 saturated carbocycles. The highest BCUT2D eigenvalue weighted by atomic mass is 16.5. The van der Waals surface area contributed by atoms with Crippen molar-refractivity contribution in [3.05, 3.63) is 35.0 Å². The van der Waals surface area contributed by atoms with E-state index in [0.717, 1.165) is 32.0 Å². The van der Waals surface area contributed by atoms with Crippen molar-refractivity contribution in [2.75, 3.05) is 37.7 Å². The Hall–Kier alpha value is -1.88. The quantitative estimate of drug-likeness (QED) is 0.648. The Labute approximate surface area is 112 Å². The zero-order valence-corrected chi connectivity index (χ0v) is 11.0. The molecule has 1 aromatic heterocycles. The molecule has 1 N–H and O–H groups in total. The zero-order chi connectivity index (χ0) is 13.2. The maximum absolute atomic E-state index is 11.5. The van der Waals surface area contributed by atoms with Gasteiger partial charge in [0.05, 0.1) is 12.2 Å². The number of pyridine rings is 1. The fourth-order valence-corrected chi connectivity index (χ4v) is 2.54. The van der Waals surface area contributed by atoms with E-state index in [1.54, 1.807) is 19.2 Å². The molecule has 5 nitrogen and oxygen atoms in total. The van der Waals surface area contributed by atoms with Gasteiger partial charge in [-0.2, -0.15) is 0 Å². The molecule has 0 fully saturated rings. The average Bonchev–Trinajstić information content (AvgIpc) is 3.00. The molecule has 0 radical (unpaired) electrons. The van der Waals surface area contributed by atoms with Crippen LogP contribution in [0.5, 0.6) is 0 Å². The molecule has 3 heterocycles. The van der Waals surface area contributed by atoms with Gasteiger partial charge in [0.15, 0.2) is 0 Å². The summed E-state index contributed by atoms with van der Waals surface area (Å²) in [6.07, 6.45) is 1.59. The predicted molar refractivity (Wildman–Crippen MR) is 72.3 cm³/mol. The summed E-state index contributed by atoms with van der Waals surface area (Å²) in [7, 11) is 0. The van der Waals surface area contributed by atoms with Gasteiger partial charge in [-0.05, 0) is 30.2 Å². The minimum atomic E-state index is -0.312. The maximum atomic E-state index is 11.5. The SMILES string of the molecule is CCOC(=O)c1ccc(N2CC3=C(CNC3)C2)nc1. The third kappa shape index (κ3) is 2.33. The standard InChI is InChI=1S/C14H17N3O2/c1-2-19-14(18)10-3-4-13(16-7-10)17-8-11-5-15-6-12(11)9-17/h3-4,7,15H,2,5-6,8-9H2,1H3. The van der Waals surface area contributed by atoms with Gasteiger partial charge in [-0.3, -0.25) is 0 Å². The van der Waals surface area contributed by atoms with E-state index in [9.17, 15) is 4.79 Å². The minimum absolute atomic E-state index is 0.312. The van der Waals surface area contributed by atoms with Crippen LogP contribution in [0, 0.1) is 0 Å². The lowest BCUT2D eigenvalue weighted by Crippen LogP contribution is -2.27. The largest absolute Gasteiger partial charge is 0.462 e. The molecule has 0 aliphatic carbocycles. The number of carbonyl (C=O) groups is 1.